The van der Waals surface area contributed by atoms with E-state index in [4.69, 9.17) is 0 Å². The average molecular weight is 347 g/mol. The molecule has 1 aliphatic rings. The Morgan fingerprint density at radius 2 is 1.68 bits per heavy atom. The number of carbonyl (C=O) groups excluding carboxylic acids is 1. The lowest BCUT2D eigenvalue weighted by Gasteiger charge is -2.34. The summed E-state index contributed by atoms with van der Waals surface area (Å²) in [5.74, 6) is -0.942. The minimum absolute atomic E-state index is 0.204. The third-order valence-electron chi connectivity index (χ3n) is 4.42. The summed E-state index contributed by atoms with van der Waals surface area (Å²) in [7, 11) is 0. The van der Waals surface area contributed by atoms with Crippen LogP contribution in [0.1, 0.15) is 25.8 Å². The van der Waals surface area contributed by atoms with Crippen LogP contribution in [0.4, 0.5) is 0 Å². The highest BCUT2D eigenvalue weighted by atomic mass is 16.4. The molecule has 1 heterocycles. The van der Waals surface area contributed by atoms with E-state index in [2.05, 4.69) is 27.2 Å². The van der Waals surface area contributed by atoms with Gasteiger partial charge in [0.25, 0.3) is 0 Å². The number of rotatable bonds is 8. The zero-order chi connectivity index (χ0) is 18.2. The molecule has 1 atom stereocenters. The number of carboxylic acids is 1. The van der Waals surface area contributed by atoms with Crippen LogP contribution in [-0.2, 0) is 16.1 Å². The van der Waals surface area contributed by atoms with Crippen LogP contribution in [0, 0.1) is 5.92 Å². The first kappa shape index (κ1) is 19.4. The maximum absolute atomic E-state index is 12.2. The SMILES string of the molecule is CC(C)CC(NC(=O)CN1CCN(Cc2ccccc2)CC1)C(=O)O. The van der Waals surface area contributed by atoms with E-state index < -0.39 is 12.0 Å². The predicted molar refractivity (Wildman–Crippen MR) is 97.2 cm³/mol. The van der Waals surface area contributed by atoms with E-state index in [0.717, 1.165) is 32.7 Å². The Balaban J connectivity index is 1.73. The van der Waals surface area contributed by atoms with E-state index in [1.54, 1.807) is 0 Å². The lowest BCUT2D eigenvalue weighted by molar-refractivity contribution is -0.142. The van der Waals surface area contributed by atoms with Crippen LogP contribution in [0.25, 0.3) is 0 Å². The molecule has 0 saturated carbocycles. The summed E-state index contributed by atoms with van der Waals surface area (Å²) in [6.07, 6.45) is 0.450. The molecule has 1 saturated heterocycles. The van der Waals surface area contributed by atoms with E-state index in [0.29, 0.717) is 6.42 Å². The zero-order valence-electron chi connectivity index (χ0n) is 15.1. The highest BCUT2D eigenvalue weighted by Crippen LogP contribution is 2.09. The van der Waals surface area contributed by atoms with Gasteiger partial charge in [-0.3, -0.25) is 14.6 Å². The lowest BCUT2D eigenvalue weighted by Crippen LogP contribution is -2.51. The number of carbonyl (C=O) groups is 2. The van der Waals surface area contributed by atoms with Crippen LogP contribution in [-0.4, -0.2) is 65.5 Å². The molecule has 1 unspecified atom stereocenters. The van der Waals surface area contributed by atoms with Crippen molar-refractivity contribution in [2.24, 2.45) is 5.92 Å². The van der Waals surface area contributed by atoms with Crippen molar-refractivity contribution in [1.29, 1.82) is 0 Å². The topological polar surface area (TPSA) is 72.9 Å². The smallest absolute Gasteiger partial charge is 0.326 e. The van der Waals surface area contributed by atoms with Crippen molar-refractivity contribution in [3.05, 3.63) is 35.9 Å². The summed E-state index contributed by atoms with van der Waals surface area (Å²) < 4.78 is 0. The number of nitrogens with one attached hydrogen (secondary N) is 1. The summed E-state index contributed by atoms with van der Waals surface area (Å²) in [5, 5.41) is 11.9. The third kappa shape index (κ3) is 6.84. The fourth-order valence-electron chi connectivity index (χ4n) is 3.08. The third-order valence-corrected chi connectivity index (χ3v) is 4.42. The van der Waals surface area contributed by atoms with Gasteiger partial charge in [-0.25, -0.2) is 4.79 Å². The van der Waals surface area contributed by atoms with Gasteiger partial charge < -0.3 is 10.4 Å². The molecule has 0 aliphatic carbocycles. The maximum atomic E-state index is 12.2. The Hall–Kier alpha value is -1.92. The Kier molecular flexibility index (Phi) is 7.40. The van der Waals surface area contributed by atoms with Gasteiger partial charge in [0.1, 0.15) is 6.04 Å². The largest absolute Gasteiger partial charge is 0.480 e. The second kappa shape index (κ2) is 9.53. The molecule has 0 bridgehead atoms. The minimum atomic E-state index is -0.963. The van der Waals surface area contributed by atoms with Crippen LogP contribution in [0.3, 0.4) is 0 Å². The number of benzene rings is 1. The molecule has 1 amide bonds. The number of hydrogen-bond acceptors (Lipinski definition) is 4. The fourth-order valence-corrected chi connectivity index (χ4v) is 3.08. The first-order chi connectivity index (χ1) is 11.9. The van der Waals surface area contributed by atoms with Crippen LogP contribution < -0.4 is 5.32 Å². The number of carboxylic acid groups (broad SMARTS) is 1. The molecule has 1 aromatic rings. The molecule has 0 aromatic heterocycles. The van der Waals surface area contributed by atoms with Crippen molar-refractivity contribution < 1.29 is 14.7 Å². The Labute approximate surface area is 149 Å². The Morgan fingerprint density at radius 3 is 2.24 bits per heavy atom. The Morgan fingerprint density at radius 1 is 1.08 bits per heavy atom. The van der Waals surface area contributed by atoms with E-state index in [-0.39, 0.29) is 18.4 Å². The summed E-state index contributed by atoms with van der Waals surface area (Å²) >= 11 is 0. The second-order valence-corrected chi connectivity index (χ2v) is 7.13. The first-order valence-corrected chi connectivity index (χ1v) is 8.95. The summed E-state index contributed by atoms with van der Waals surface area (Å²) in [6.45, 7) is 8.57. The standard InChI is InChI=1S/C19H29N3O3/c1-15(2)12-17(19(24)25)20-18(23)14-22-10-8-21(9-11-22)13-16-6-4-3-5-7-16/h3-7,15,17H,8-14H2,1-2H3,(H,20,23)(H,24,25). The maximum Gasteiger partial charge on any atom is 0.326 e. The molecule has 138 valence electrons. The summed E-state index contributed by atoms with van der Waals surface area (Å²) in [5.41, 5.74) is 1.30. The second-order valence-electron chi connectivity index (χ2n) is 7.13. The van der Waals surface area contributed by atoms with E-state index in [9.17, 15) is 14.7 Å². The van der Waals surface area contributed by atoms with Crippen molar-refractivity contribution in [1.82, 2.24) is 15.1 Å². The van der Waals surface area contributed by atoms with Crippen molar-refractivity contribution in [2.45, 2.75) is 32.9 Å². The molecule has 6 nitrogen and oxygen atoms in total. The van der Waals surface area contributed by atoms with Crippen molar-refractivity contribution in [2.75, 3.05) is 32.7 Å². The zero-order valence-corrected chi connectivity index (χ0v) is 15.1. The number of hydrogen-bond donors (Lipinski definition) is 2. The first-order valence-electron chi connectivity index (χ1n) is 8.95. The fraction of sp³-hybridized carbons (Fsp3) is 0.579. The van der Waals surface area contributed by atoms with Gasteiger partial charge in [-0.15, -0.1) is 0 Å². The lowest BCUT2D eigenvalue weighted by atomic mass is 10.0. The minimum Gasteiger partial charge on any atom is -0.480 e. The van der Waals surface area contributed by atoms with Gasteiger partial charge in [-0.1, -0.05) is 44.2 Å². The molecular weight excluding hydrogens is 318 g/mol. The van der Waals surface area contributed by atoms with Crippen LogP contribution in [0.5, 0.6) is 0 Å². The van der Waals surface area contributed by atoms with Gasteiger partial charge in [-0.05, 0) is 17.9 Å². The van der Waals surface area contributed by atoms with Gasteiger partial charge in [0.05, 0.1) is 6.54 Å². The molecule has 0 radical (unpaired) electrons. The van der Waals surface area contributed by atoms with Crippen LogP contribution >= 0.6 is 0 Å². The van der Waals surface area contributed by atoms with Crippen molar-refractivity contribution in [3.8, 4) is 0 Å². The highest BCUT2D eigenvalue weighted by Gasteiger charge is 2.23. The van der Waals surface area contributed by atoms with E-state index in [1.807, 2.05) is 32.0 Å². The molecular formula is C19H29N3O3. The molecule has 25 heavy (non-hydrogen) atoms. The molecule has 1 aliphatic heterocycles. The van der Waals surface area contributed by atoms with Crippen molar-refractivity contribution >= 4 is 11.9 Å². The van der Waals surface area contributed by atoms with Crippen LogP contribution in [0.15, 0.2) is 30.3 Å². The molecule has 6 heteroatoms. The summed E-state index contributed by atoms with van der Waals surface area (Å²) in [6, 6.07) is 9.56. The number of piperazine rings is 1. The van der Waals surface area contributed by atoms with Gasteiger partial charge in [0.15, 0.2) is 0 Å². The normalized spacial score (nSPS) is 17.4. The van der Waals surface area contributed by atoms with Gasteiger partial charge in [0, 0.05) is 32.7 Å². The quantitative estimate of drug-likeness (QED) is 0.744. The molecule has 0 spiro atoms. The van der Waals surface area contributed by atoms with Crippen molar-refractivity contribution in [3.63, 3.8) is 0 Å². The number of amides is 1. The van der Waals surface area contributed by atoms with E-state index >= 15 is 0 Å². The monoisotopic (exact) mass is 347 g/mol. The van der Waals surface area contributed by atoms with Crippen LogP contribution in [0.2, 0.25) is 0 Å². The molecule has 2 N–H and O–H groups in total. The average Bonchev–Trinajstić information content (AvgIpc) is 2.56. The van der Waals surface area contributed by atoms with Gasteiger partial charge in [-0.2, -0.15) is 0 Å². The predicted octanol–water partition coefficient (Wildman–Crippen LogP) is 1.42. The van der Waals surface area contributed by atoms with E-state index in [1.165, 1.54) is 5.56 Å². The summed E-state index contributed by atoms with van der Waals surface area (Å²) in [4.78, 5) is 27.9. The van der Waals surface area contributed by atoms with Gasteiger partial charge >= 0.3 is 5.97 Å². The molecule has 2 rings (SSSR count). The molecule has 1 aromatic carbocycles. The molecule has 1 fully saturated rings. The Bertz CT molecular complexity index is 554. The number of aliphatic carboxylic acids is 1. The highest BCUT2D eigenvalue weighted by molar-refractivity contribution is 5.84. The number of nitrogens with zero attached hydrogens (tertiary/aromatic N) is 2. The van der Waals surface area contributed by atoms with Gasteiger partial charge in [0.2, 0.25) is 5.91 Å².